The average Bonchev–Trinajstić information content (AvgIpc) is 1.89. The first-order chi connectivity index (χ1) is 4.34. The first kappa shape index (κ1) is 6.90. The van der Waals surface area contributed by atoms with E-state index >= 15 is 0 Å². The van der Waals surface area contributed by atoms with Crippen LogP contribution in [-0.2, 0) is 0 Å². The Morgan fingerprint density at radius 3 is 2.89 bits per heavy atom. The van der Waals surface area contributed by atoms with Crippen LogP contribution in [0.2, 0.25) is 0 Å². The Hall–Kier alpha value is -0.210. The van der Waals surface area contributed by atoms with E-state index in [1.807, 2.05) is 6.08 Å². The van der Waals surface area contributed by atoms with E-state index in [0.717, 1.165) is 19.5 Å². The van der Waals surface area contributed by atoms with Crippen LogP contribution in [0.4, 0.5) is 0 Å². The fourth-order valence-electron chi connectivity index (χ4n) is 0.882. The summed E-state index contributed by atoms with van der Waals surface area (Å²) in [5.74, 6) is 0. The Morgan fingerprint density at radius 1 is 1.67 bits per heavy atom. The van der Waals surface area contributed by atoms with Crippen LogP contribution >= 0.6 is 12.6 Å². The zero-order valence-corrected chi connectivity index (χ0v) is 6.25. The number of hydrogen-bond donors (Lipinski definition) is 2. The molecule has 0 atom stereocenters. The minimum atomic E-state index is 0.933. The molecule has 50 valence electrons. The van der Waals surface area contributed by atoms with Gasteiger partial charge < -0.3 is 5.32 Å². The monoisotopic (exact) mass is 141 g/mol. The molecule has 1 aliphatic rings. The van der Waals surface area contributed by atoms with E-state index < -0.39 is 0 Å². The SMILES string of the molecule is C=CC1=C(S)CCNC1. The first-order valence-corrected chi connectivity index (χ1v) is 3.53. The van der Waals surface area contributed by atoms with Crippen molar-refractivity contribution < 1.29 is 0 Å². The molecule has 0 saturated heterocycles. The van der Waals surface area contributed by atoms with Crippen molar-refractivity contribution in [2.24, 2.45) is 0 Å². The van der Waals surface area contributed by atoms with E-state index in [2.05, 4.69) is 24.5 Å². The highest BCUT2D eigenvalue weighted by Crippen LogP contribution is 2.15. The van der Waals surface area contributed by atoms with Gasteiger partial charge in [0.25, 0.3) is 0 Å². The van der Waals surface area contributed by atoms with Crippen LogP contribution in [0.25, 0.3) is 0 Å². The van der Waals surface area contributed by atoms with Gasteiger partial charge in [0, 0.05) is 6.54 Å². The maximum atomic E-state index is 4.30. The molecule has 0 aliphatic carbocycles. The van der Waals surface area contributed by atoms with Crippen molar-refractivity contribution in [3.63, 3.8) is 0 Å². The molecule has 2 heteroatoms. The molecule has 1 rings (SSSR count). The van der Waals surface area contributed by atoms with Crippen molar-refractivity contribution in [2.75, 3.05) is 13.1 Å². The van der Waals surface area contributed by atoms with Crippen molar-refractivity contribution in [3.05, 3.63) is 23.1 Å². The summed E-state index contributed by atoms with van der Waals surface area (Å²) in [6, 6.07) is 0. The van der Waals surface area contributed by atoms with Gasteiger partial charge in [0.15, 0.2) is 0 Å². The molecule has 0 spiro atoms. The van der Waals surface area contributed by atoms with Crippen LogP contribution in [0.3, 0.4) is 0 Å². The Balaban J connectivity index is 2.70. The Labute approximate surface area is 61.2 Å². The van der Waals surface area contributed by atoms with Crippen molar-refractivity contribution in [2.45, 2.75) is 6.42 Å². The third kappa shape index (κ3) is 1.60. The molecule has 0 unspecified atom stereocenters. The van der Waals surface area contributed by atoms with Crippen LogP contribution < -0.4 is 5.32 Å². The summed E-state index contributed by atoms with van der Waals surface area (Å²) in [5, 5.41) is 3.24. The topological polar surface area (TPSA) is 12.0 Å². The molecule has 0 aromatic rings. The van der Waals surface area contributed by atoms with Crippen LogP contribution in [0.1, 0.15) is 6.42 Å². The molecule has 9 heavy (non-hydrogen) atoms. The molecule has 0 radical (unpaired) electrons. The fraction of sp³-hybridized carbons (Fsp3) is 0.429. The molecule has 1 nitrogen and oxygen atoms in total. The van der Waals surface area contributed by atoms with Gasteiger partial charge in [-0.3, -0.25) is 0 Å². The highest BCUT2D eigenvalue weighted by Gasteiger charge is 2.04. The van der Waals surface area contributed by atoms with E-state index in [1.54, 1.807) is 0 Å². The van der Waals surface area contributed by atoms with Crippen molar-refractivity contribution in [1.29, 1.82) is 0 Å². The van der Waals surface area contributed by atoms with Gasteiger partial charge >= 0.3 is 0 Å². The minimum absolute atomic E-state index is 0.933. The molecule has 1 aliphatic heterocycles. The van der Waals surface area contributed by atoms with Gasteiger partial charge in [-0.1, -0.05) is 12.7 Å². The van der Waals surface area contributed by atoms with Crippen LogP contribution in [-0.4, -0.2) is 13.1 Å². The van der Waals surface area contributed by atoms with Gasteiger partial charge in [0.1, 0.15) is 0 Å². The first-order valence-electron chi connectivity index (χ1n) is 3.08. The maximum absolute atomic E-state index is 4.30. The second kappa shape index (κ2) is 3.08. The van der Waals surface area contributed by atoms with Gasteiger partial charge in [-0.25, -0.2) is 0 Å². The molecule has 0 aromatic carbocycles. The van der Waals surface area contributed by atoms with Crippen molar-refractivity contribution in [1.82, 2.24) is 5.32 Å². The molecule has 1 N–H and O–H groups in total. The number of nitrogens with one attached hydrogen (secondary N) is 1. The Kier molecular flexibility index (Phi) is 2.37. The van der Waals surface area contributed by atoms with Gasteiger partial charge in [-0.15, -0.1) is 12.6 Å². The van der Waals surface area contributed by atoms with E-state index in [1.165, 1.54) is 10.5 Å². The van der Waals surface area contributed by atoms with Crippen LogP contribution in [0.5, 0.6) is 0 Å². The van der Waals surface area contributed by atoms with E-state index in [4.69, 9.17) is 0 Å². The molecule has 1 heterocycles. The molecule has 0 amide bonds. The molecule has 0 bridgehead atoms. The van der Waals surface area contributed by atoms with Gasteiger partial charge in [-0.05, 0) is 23.4 Å². The summed E-state index contributed by atoms with van der Waals surface area (Å²) in [5.41, 5.74) is 1.24. The fourth-order valence-corrected chi connectivity index (χ4v) is 1.16. The summed E-state index contributed by atoms with van der Waals surface area (Å²) < 4.78 is 0. The smallest absolute Gasteiger partial charge is 0.0213 e. The second-order valence-electron chi connectivity index (χ2n) is 2.10. The number of thiol groups is 1. The van der Waals surface area contributed by atoms with Crippen molar-refractivity contribution >= 4 is 12.6 Å². The third-order valence-electron chi connectivity index (χ3n) is 1.47. The summed E-state index contributed by atoms with van der Waals surface area (Å²) >= 11 is 4.30. The van der Waals surface area contributed by atoms with Crippen LogP contribution in [0.15, 0.2) is 23.1 Å². The summed E-state index contributed by atoms with van der Waals surface area (Å²) in [4.78, 5) is 1.18. The van der Waals surface area contributed by atoms with Gasteiger partial charge in [0.05, 0.1) is 0 Å². The molecule has 0 saturated carbocycles. The lowest BCUT2D eigenvalue weighted by Gasteiger charge is -2.14. The van der Waals surface area contributed by atoms with Gasteiger partial charge in [-0.2, -0.15) is 0 Å². The third-order valence-corrected chi connectivity index (χ3v) is 1.98. The molecular weight excluding hydrogens is 130 g/mol. The quantitative estimate of drug-likeness (QED) is 0.525. The largest absolute Gasteiger partial charge is 0.312 e. The second-order valence-corrected chi connectivity index (χ2v) is 2.64. The summed E-state index contributed by atoms with van der Waals surface area (Å²) in [6.45, 7) is 5.67. The lowest BCUT2D eigenvalue weighted by molar-refractivity contribution is 0.707. The van der Waals surface area contributed by atoms with Gasteiger partial charge in [0.2, 0.25) is 0 Å². The lowest BCUT2D eigenvalue weighted by atomic mass is 10.1. The van der Waals surface area contributed by atoms with E-state index in [-0.39, 0.29) is 0 Å². The molecule has 0 fully saturated rings. The lowest BCUT2D eigenvalue weighted by Crippen LogP contribution is -2.22. The number of hydrogen-bond acceptors (Lipinski definition) is 2. The normalized spacial score (nSPS) is 20.1. The zero-order valence-electron chi connectivity index (χ0n) is 5.35. The zero-order chi connectivity index (χ0) is 6.69. The predicted octanol–water partition coefficient (Wildman–Crippen LogP) is 1.35. The molecule has 0 aromatic heterocycles. The Morgan fingerprint density at radius 2 is 2.44 bits per heavy atom. The highest BCUT2D eigenvalue weighted by atomic mass is 32.1. The van der Waals surface area contributed by atoms with E-state index in [9.17, 15) is 0 Å². The predicted molar refractivity (Wildman–Crippen MR) is 43.7 cm³/mol. The summed E-state index contributed by atoms with van der Waals surface area (Å²) in [6.07, 6.45) is 2.92. The minimum Gasteiger partial charge on any atom is -0.312 e. The maximum Gasteiger partial charge on any atom is 0.0213 e. The standard InChI is InChI=1S/C7H11NS/c1-2-6-5-8-4-3-7(6)9/h2,8-9H,1,3-5H2. The highest BCUT2D eigenvalue weighted by molar-refractivity contribution is 7.84. The summed E-state index contributed by atoms with van der Waals surface area (Å²) in [7, 11) is 0. The number of rotatable bonds is 1. The Bertz CT molecular complexity index is 149. The molecular formula is C7H11NS. The van der Waals surface area contributed by atoms with Crippen LogP contribution in [0, 0.1) is 0 Å². The average molecular weight is 141 g/mol. The van der Waals surface area contributed by atoms with E-state index in [0.29, 0.717) is 0 Å². The van der Waals surface area contributed by atoms with Crippen molar-refractivity contribution in [3.8, 4) is 0 Å².